The Kier molecular flexibility index (Phi) is 8.06. The molecule has 0 bridgehead atoms. The van der Waals surface area contributed by atoms with E-state index in [0.717, 1.165) is 21.9 Å². The van der Waals surface area contributed by atoms with E-state index in [0.29, 0.717) is 12.0 Å². The Labute approximate surface area is 163 Å². The first-order valence-corrected chi connectivity index (χ1v) is 11.0. The van der Waals surface area contributed by atoms with Gasteiger partial charge < -0.3 is 10.6 Å². The van der Waals surface area contributed by atoms with E-state index < -0.39 is 6.04 Å². The van der Waals surface area contributed by atoms with Crippen LogP contribution in [0.1, 0.15) is 22.3 Å². The van der Waals surface area contributed by atoms with E-state index in [-0.39, 0.29) is 11.8 Å². The summed E-state index contributed by atoms with van der Waals surface area (Å²) in [5.41, 5.74) is 2.31. The van der Waals surface area contributed by atoms with Crippen LogP contribution in [0.4, 0.5) is 5.69 Å². The summed E-state index contributed by atoms with van der Waals surface area (Å²) >= 11 is 3.30. The largest absolute Gasteiger partial charge is 0.340 e. The molecular weight excluding hydrogens is 364 g/mol. The van der Waals surface area contributed by atoms with Gasteiger partial charge in [0.1, 0.15) is 6.04 Å². The van der Waals surface area contributed by atoms with Crippen molar-refractivity contribution in [3.8, 4) is 0 Å². The quantitative estimate of drug-likeness (QED) is 0.665. The lowest BCUT2D eigenvalue weighted by Gasteiger charge is -2.18. The fraction of sp³-hybridized carbons (Fsp3) is 0.300. The molecule has 0 saturated heterocycles. The van der Waals surface area contributed by atoms with E-state index in [1.165, 1.54) is 0 Å². The average molecular weight is 389 g/mol. The van der Waals surface area contributed by atoms with E-state index in [9.17, 15) is 9.59 Å². The van der Waals surface area contributed by atoms with Gasteiger partial charge in [0.2, 0.25) is 5.91 Å². The van der Waals surface area contributed by atoms with Gasteiger partial charge in [0.25, 0.3) is 5.91 Å². The predicted molar refractivity (Wildman–Crippen MR) is 112 cm³/mol. The molecule has 1 atom stereocenters. The summed E-state index contributed by atoms with van der Waals surface area (Å²) in [6.07, 6.45) is 4.57. The van der Waals surface area contributed by atoms with Crippen LogP contribution in [0.15, 0.2) is 53.4 Å². The van der Waals surface area contributed by atoms with Crippen molar-refractivity contribution in [1.82, 2.24) is 5.32 Å². The smallest absolute Gasteiger partial charge is 0.251 e. The molecule has 0 heterocycles. The monoisotopic (exact) mass is 388 g/mol. The summed E-state index contributed by atoms with van der Waals surface area (Å²) in [5, 5.41) is 5.77. The van der Waals surface area contributed by atoms with Crippen molar-refractivity contribution in [2.24, 2.45) is 0 Å². The van der Waals surface area contributed by atoms with E-state index in [1.807, 2.05) is 61.9 Å². The zero-order chi connectivity index (χ0) is 18.9. The van der Waals surface area contributed by atoms with Crippen LogP contribution in [-0.4, -0.2) is 36.1 Å². The van der Waals surface area contributed by atoms with Crippen LogP contribution in [0.3, 0.4) is 0 Å². The van der Waals surface area contributed by atoms with Crippen LogP contribution < -0.4 is 10.6 Å². The maximum Gasteiger partial charge on any atom is 0.251 e. The van der Waals surface area contributed by atoms with E-state index >= 15 is 0 Å². The Morgan fingerprint density at radius 2 is 1.81 bits per heavy atom. The normalized spacial score (nSPS) is 11.7. The van der Waals surface area contributed by atoms with Gasteiger partial charge in [-0.25, -0.2) is 0 Å². The third kappa shape index (κ3) is 6.11. The van der Waals surface area contributed by atoms with Gasteiger partial charge >= 0.3 is 0 Å². The van der Waals surface area contributed by atoms with Gasteiger partial charge in [0, 0.05) is 16.1 Å². The fourth-order valence-electron chi connectivity index (χ4n) is 2.44. The molecule has 0 saturated carbocycles. The molecule has 0 fully saturated rings. The molecule has 26 heavy (non-hydrogen) atoms. The van der Waals surface area contributed by atoms with Crippen LogP contribution in [0.2, 0.25) is 0 Å². The lowest BCUT2D eigenvalue weighted by atomic mass is 10.1. The summed E-state index contributed by atoms with van der Waals surface area (Å²) in [4.78, 5) is 26.3. The van der Waals surface area contributed by atoms with Crippen LogP contribution in [0, 0.1) is 6.92 Å². The van der Waals surface area contributed by atoms with E-state index in [2.05, 4.69) is 10.6 Å². The molecule has 2 N–H and O–H groups in total. The number of hydrogen-bond donors (Lipinski definition) is 2. The number of carbonyl (C=O) groups is 2. The zero-order valence-corrected chi connectivity index (χ0v) is 16.9. The minimum Gasteiger partial charge on any atom is -0.340 e. The van der Waals surface area contributed by atoms with Gasteiger partial charge in [0.15, 0.2) is 0 Å². The molecule has 2 amide bonds. The highest BCUT2D eigenvalue weighted by Gasteiger charge is 2.21. The maximum absolute atomic E-state index is 12.7. The Balaban J connectivity index is 2.06. The van der Waals surface area contributed by atoms with Crippen molar-refractivity contribution in [1.29, 1.82) is 0 Å². The third-order valence-electron chi connectivity index (χ3n) is 3.87. The highest BCUT2D eigenvalue weighted by Crippen LogP contribution is 2.18. The van der Waals surface area contributed by atoms with Crippen LogP contribution in [-0.2, 0) is 4.79 Å². The standard InChI is InChI=1S/C20H24N2O2S2/c1-14-5-4-6-15(13-14)19(23)22-18(11-12-25-2)20(24)21-16-7-9-17(26-3)10-8-16/h4-10,13,18H,11-12H2,1-3H3,(H,21,24)(H,22,23). The molecule has 2 aromatic rings. The van der Waals surface area contributed by atoms with Gasteiger partial charge in [0.05, 0.1) is 0 Å². The molecule has 0 aliphatic carbocycles. The van der Waals surface area contributed by atoms with Crippen molar-refractivity contribution in [2.75, 3.05) is 23.6 Å². The molecule has 0 radical (unpaired) electrons. The Morgan fingerprint density at radius 1 is 1.08 bits per heavy atom. The minimum absolute atomic E-state index is 0.197. The molecule has 2 rings (SSSR count). The molecule has 0 aliphatic heterocycles. The van der Waals surface area contributed by atoms with Gasteiger partial charge in [-0.05, 0) is 68.0 Å². The molecule has 2 aromatic carbocycles. The second-order valence-corrected chi connectivity index (χ2v) is 7.76. The van der Waals surface area contributed by atoms with Crippen LogP contribution in [0.5, 0.6) is 0 Å². The Morgan fingerprint density at radius 3 is 2.42 bits per heavy atom. The Bertz CT molecular complexity index is 748. The molecule has 1 unspecified atom stereocenters. The highest BCUT2D eigenvalue weighted by molar-refractivity contribution is 7.98. The van der Waals surface area contributed by atoms with Crippen molar-refractivity contribution < 1.29 is 9.59 Å². The number of amides is 2. The molecule has 138 valence electrons. The maximum atomic E-state index is 12.7. The lowest BCUT2D eigenvalue weighted by Crippen LogP contribution is -2.44. The first kappa shape index (κ1) is 20.4. The van der Waals surface area contributed by atoms with Crippen molar-refractivity contribution in [3.05, 3.63) is 59.7 Å². The number of anilines is 1. The summed E-state index contributed by atoms with van der Waals surface area (Å²) in [6.45, 7) is 1.94. The average Bonchev–Trinajstić information content (AvgIpc) is 2.65. The van der Waals surface area contributed by atoms with Crippen molar-refractivity contribution in [2.45, 2.75) is 24.3 Å². The first-order chi connectivity index (χ1) is 12.5. The fourth-order valence-corrected chi connectivity index (χ4v) is 3.32. The highest BCUT2D eigenvalue weighted by atomic mass is 32.2. The number of benzene rings is 2. The van der Waals surface area contributed by atoms with E-state index in [4.69, 9.17) is 0 Å². The molecule has 0 aliphatic rings. The van der Waals surface area contributed by atoms with Crippen molar-refractivity contribution >= 4 is 41.0 Å². The third-order valence-corrected chi connectivity index (χ3v) is 5.26. The number of aryl methyl sites for hydroxylation is 1. The van der Waals surface area contributed by atoms with Gasteiger partial charge in [-0.3, -0.25) is 9.59 Å². The summed E-state index contributed by atoms with van der Waals surface area (Å²) in [6, 6.07) is 14.4. The second-order valence-electron chi connectivity index (χ2n) is 5.89. The van der Waals surface area contributed by atoms with Crippen LogP contribution in [0.25, 0.3) is 0 Å². The predicted octanol–water partition coefficient (Wildman–Crippen LogP) is 4.21. The Hall–Kier alpha value is -1.92. The number of rotatable bonds is 8. The van der Waals surface area contributed by atoms with Crippen LogP contribution >= 0.6 is 23.5 Å². The number of carbonyl (C=O) groups excluding carboxylic acids is 2. The summed E-state index contributed by atoms with van der Waals surface area (Å²) in [7, 11) is 0. The first-order valence-electron chi connectivity index (χ1n) is 8.35. The molecule has 0 spiro atoms. The molecule has 0 aromatic heterocycles. The zero-order valence-electron chi connectivity index (χ0n) is 15.2. The SMILES string of the molecule is CSCCC(NC(=O)c1cccc(C)c1)C(=O)Nc1ccc(SC)cc1. The van der Waals surface area contributed by atoms with Gasteiger partial charge in [-0.15, -0.1) is 11.8 Å². The number of nitrogens with one attached hydrogen (secondary N) is 2. The summed E-state index contributed by atoms with van der Waals surface area (Å²) < 4.78 is 0. The number of thioether (sulfide) groups is 2. The topological polar surface area (TPSA) is 58.2 Å². The minimum atomic E-state index is -0.573. The second kappa shape index (κ2) is 10.3. The molecule has 4 nitrogen and oxygen atoms in total. The lowest BCUT2D eigenvalue weighted by molar-refractivity contribution is -0.118. The molecule has 6 heteroatoms. The van der Waals surface area contributed by atoms with Gasteiger partial charge in [-0.1, -0.05) is 17.7 Å². The van der Waals surface area contributed by atoms with E-state index in [1.54, 1.807) is 29.6 Å². The van der Waals surface area contributed by atoms with Crippen molar-refractivity contribution in [3.63, 3.8) is 0 Å². The van der Waals surface area contributed by atoms with Gasteiger partial charge in [-0.2, -0.15) is 11.8 Å². The summed E-state index contributed by atoms with van der Waals surface area (Å²) in [5.74, 6) is 0.363. The number of hydrogen-bond acceptors (Lipinski definition) is 4. The molecular formula is C20H24N2O2S2.